The first-order valence-corrected chi connectivity index (χ1v) is 21.2. The van der Waals surface area contributed by atoms with Crippen LogP contribution >= 0.6 is 11.8 Å². The highest BCUT2D eigenvalue weighted by Crippen LogP contribution is 2.33. The average Bonchev–Trinajstić information content (AvgIpc) is 3.76. The lowest BCUT2D eigenvalue weighted by Crippen LogP contribution is -2.54. The molecule has 2 aliphatic rings. The van der Waals surface area contributed by atoms with Crippen molar-refractivity contribution in [1.29, 1.82) is 0 Å². The molecular formula is C36H63N11O11S. The summed E-state index contributed by atoms with van der Waals surface area (Å²) in [5.74, 6) is -5.28. The minimum Gasteiger partial charge on any atom is -0.396 e. The standard InChI is InChI=1S/C36H63N11O11S/c1-21(42-34(55)22(9-8-16-48)17-28(50)47-58)33(54)44-24(11-4-6-14-37)35(56)41-18-29(51)40-19-30(52)43-23(32(38)53)10-5-7-15-39-27(49)13-3-2-12-26-31-25(20-59-26)45-36(57)46-31/h21-26,31,48,58H,2-20,37H2,1H3,(H2,38,53)(H,39,49)(H,40,51)(H,41,56)(H,42,55)(H,43,52)(H,44,54)(H,47,50)(H2,45,46,57)/t21-,22?,23-,24-,25-,26-,31-/m0/s1. The number of unbranched alkanes of at least 4 members (excludes halogenated alkanes) is 3. The molecule has 7 atom stereocenters. The van der Waals surface area contributed by atoms with Gasteiger partial charge in [-0.25, -0.2) is 10.3 Å². The van der Waals surface area contributed by atoms with Gasteiger partial charge in [-0.3, -0.25) is 43.6 Å². The van der Waals surface area contributed by atoms with E-state index in [1.54, 1.807) is 0 Å². The summed E-state index contributed by atoms with van der Waals surface area (Å²) in [5.41, 5.74) is 12.5. The van der Waals surface area contributed by atoms with E-state index in [0.29, 0.717) is 50.4 Å². The van der Waals surface area contributed by atoms with Crippen molar-refractivity contribution in [1.82, 2.24) is 48.0 Å². The number of aliphatic hydroxyl groups is 1. The number of hydrogen-bond acceptors (Lipinski definition) is 13. The third-order valence-corrected chi connectivity index (χ3v) is 11.3. The van der Waals surface area contributed by atoms with Crippen LogP contribution in [0.5, 0.6) is 0 Å². The van der Waals surface area contributed by atoms with E-state index < -0.39 is 78.5 Å². The second kappa shape index (κ2) is 27.9. The molecule has 334 valence electrons. The second-order valence-corrected chi connectivity index (χ2v) is 15.9. The quantitative estimate of drug-likeness (QED) is 0.0145. The number of primary amides is 1. The van der Waals surface area contributed by atoms with E-state index in [0.717, 1.165) is 25.0 Å². The molecule has 2 heterocycles. The van der Waals surface area contributed by atoms with Crippen molar-refractivity contribution >= 4 is 65.1 Å². The predicted octanol–water partition coefficient (Wildman–Crippen LogP) is -3.40. The fraction of sp³-hybridized carbons (Fsp3) is 0.750. The maximum absolute atomic E-state index is 13.0. The van der Waals surface area contributed by atoms with Crippen molar-refractivity contribution in [2.45, 2.75) is 126 Å². The summed E-state index contributed by atoms with van der Waals surface area (Å²) in [6.45, 7) is 0.768. The van der Waals surface area contributed by atoms with Gasteiger partial charge in [0.15, 0.2) is 0 Å². The Kier molecular flexibility index (Phi) is 23.8. The molecule has 0 radical (unpaired) electrons. The van der Waals surface area contributed by atoms with Crippen LogP contribution in [0.3, 0.4) is 0 Å². The number of aliphatic hydroxyl groups excluding tert-OH is 1. The fourth-order valence-electron chi connectivity index (χ4n) is 6.51. The number of fused-ring (bicyclic) bond motifs is 1. The van der Waals surface area contributed by atoms with Gasteiger partial charge in [-0.15, -0.1) is 0 Å². The SMILES string of the molecule is C[C@H](NC(=O)C(CCCO)CC(=O)NO)C(=O)N[C@@H](CCCCN)C(=O)NCC(=O)NCC(=O)N[C@@H](CCCCNC(=O)CCCC[C@@H]1SC[C@@H]2NC(=O)N[C@@H]21)C(N)=O. The van der Waals surface area contributed by atoms with E-state index >= 15 is 0 Å². The summed E-state index contributed by atoms with van der Waals surface area (Å²) >= 11 is 1.83. The van der Waals surface area contributed by atoms with Gasteiger partial charge >= 0.3 is 6.03 Å². The summed E-state index contributed by atoms with van der Waals surface area (Å²) in [7, 11) is 0. The molecule has 59 heavy (non-hydrogen) atoms. The zero-order valence-corrected chi connectivity index (χ0v) is 34.4. The van der Waals surface area contributed by atoms with E-state index in [-0.39, 0.29) is 62.7 Å². The molecule has 2 saturated heterocycles. The maximum atomic E-state index is 13.0. The Morgan fingerprint density at radius 2 is 1.47 bits per heavy atom. The molecular weight excluding hydrogens is 795 g/mol. The third kappa shape index (κ3) is 19.7. The lowest BCUT2D eigenvalue weighted by atomic mass is 9.97. The van der Waals surface area contributed by atoms with Crippen molar-refractivity contribution in [2.75, 3.05) is 38.5 Å². The number of amides is 10. The topological polar surface area (TPSA) is 354 Å². The lowest BCUT2D eigenvalue weighted by Gasteiger charge is -2.23. The Balaban J connectivity index is 1.69. The van der Waals surface area contributed by atoms with Crippen LogP contribution in [0.1, 0.15) is 90.4 Å². The normalized spacial score (nSPS) is 18.7. The minimum absolute atomic E-state index is 0.0822. The van der Waals surface area contributed by atoms with Gasteiger partial charge in [-0.2, -0.15) is 11.8 Å². The van der Waals surface area contributed by atoms with Gasteiger partial charge in [0.2, 0.25) is 47.3 Å². The highest BCUT2D eigenvalue weighted by molar-refractivity contribution is 8.00. The number of carbonyl (C=O) groups excluding carboxylic acids is 9. The first-order chi connectivity index (χ1) is 28.2. The Bertz CT molecular complexity index is 1440. The van der Waals surface area contributed by atoms with Crippen molar-refractivity contribution in [3.05, 3.63) is 0 Å². The Morgan fingerprint density at radius 3 is 2.17 bits per heavy atom. The van der Waals surface area contributed by atoms with Crippen molar-refractivity contribution < 1.29 is 53.5 Å². The number of hydrogen-bond donors (Lipinski definition) is 13. The predicted molar refractivity (Wildman–Crippen MR) is 215 cm³/mol. The third-order valence-electron chi connectivity index (χ3n) is 9.84. The van der Waals surface area contributed by atoms with Gasteiger partial charge in [0.1, 0.15) is 18.1 Å². The van der Waals surface area contributed by atoms with Crippen LogP contribution in [0.15, 0.2) is 0 Å². The van der Waals surface area contributed by atoms with Crippen LogP contribution in [0, 0.1) is 5.92 Å². The van der Waals surface area contributed by atoms with E-state index in [1.165, 1.54) is 12.4 Å². The molecule has 22 nitrogen and oxygen atoms in total. The number of urea groups is 1. The van der Waals surface area contributed by atoms with Crippen molar-refractivity contribution in [3.8, 4) is 0 Å². The molecule has 0 spiro atoms. The fourth-order valence-corrected chi connectivity index (χ4v) is 8.06. The number of thioether (sulfide) groups is 1. The highest BCUT2D eigenvalue weighted by Gasteiger charge is 2.42. The van der Waals surface area contributed by atoms with Gasteiger partial charge in [0, 0.05) is 42.9 Å². The summed E-state index contributed by atoms with van der Waals surface area (Å²) in [6, 6.07) is -3.09. The van der Waals surface area contributed by atoms with Gasteiger partial charge in [-0.1, -0.05) is 6.42 Å². The Morgan fingerprint density at radius 1 is 0.763 bits per heavy atom. The van der Waals surface area contributed by atoms with E-state index in [1.807, 2.05) is 11.8 Å². The molecule has 1 unspecified atom stereocenters. The molecule has 10 amide bonds. The summed E-state index contributed by atoms with van der Waals surface area (Å²) < 4.78 is 0. The number of nitrogens with one attached hydrogen (secondary N) is 9. The van der Waals surface area contributed by atoms with Gasteiger partial charge < -0.3 is 59.1 Å². The zero-order valence-electron chi connectivity index (χ0n) is 33.6. The van der Waals surface area contributed by atoms with Gasteiger partial charge in [-0.05, 0) is 77.7 Å². The van der Waals surface area contributed by atoms with E-state index in [9.17, 15) is 43.2 Å². The van der Waals surface area contributed by atoms with Crippen LogP contribution in [0.25, 0.3) is 0 Å². The molecule has 23 heteroatoms. The molecule has 0 aromatic heterocycles. The summed E-state index contributed by atoms with van der Waals surface area (Å²) in [6.07, 6.45) is 5.15. The first-order valence-electron chi connectivity index (χ1n) is 20.1. The molecule has 2 aliphatic heterocycles. The number of carbonyl (C=O) groups is 9. The number of nitrogens with two attached hydrogens (primary N) is 2. The van der Waals surface area contributed by atoms with Crippen LogP contribution in [-0.4, -0.2) is 138 Å². The van der Waals surface area contributed by atoms with E-state index in [4.69, 9.17) is 21.8 Å². The number of hydroxylamine groups is 1. The second-order valence-electron chi connectivity index (χ2n) is 14.6. The molecule has 0 bridgehead atoms. The summed E-state index contributed by atoms with van der Waals surface area (Å²) in [4.78, 5) is 111. The van der Waals surface area contributed by atoms with Gasteiger partial charge in [0.05, 0.1) is 25.2 Å². The smallest absolute Gasteiger partial charge is 0.315 e. The van der Waals surface area contributed by atoms with Crippen LogP contribution in [-0.2, 0) is 38.4 Å². The van der Waals surface area contributed by atoms with Crippen LogP contribution in [0.2, 0.25) is 0 Å². The first kappa shape index (κ1) is 50.4. The van der Waals surface area contributed by atoms with Crippen molar-refractivity contribution in [3.63, 3.8) is 0 Å². The Hall–Kier alpha value is -4.74. The molecule has 2 rings (SSSR count). The zero-order chi connectivity index (χ0) is 43.7. The largest absolute Gasteiger partial charge is 0.396 e. The monoisotopic (exact) mass is 857 g/mol. The highest BCUT2D eigenvalue weighted by atomic mass is 32.2. The molecule has 0 aromatic rings. The average molecular weight is 858 g/mol. The van der Waals surface area contributed by atoms with E-state index in [2.05, 4.69) is 42.5 Å². The van der Waals surface area contributed by atoms with Gasteiger partial charge in [0.25, 0.3) is 0 Å². The lowest BCUT2D eigenvalue weighted by molar-refractivity contribution is -0.136. The molecule has 0 aromatic carbocycles. The van der Waals surface area contributed by atoms with Crippen LogP contribution in [0.4, 0.5) is 4.79 Å². The Labute approximate surface area is 347 Å². The van der Waals surface area contributed by atoms with Crippen molar-refractivity contribution in [2.24, 2.45) is 17.4 Å². The van der Waals surface area contributed by atoms with Crippen LogP contribution < -0.4 is 59.5 Å². The minimum atomic E-state index is -1.15. The summed E-state index contributed by atoms with van der Waals surface area (Å²) in [5, 5.41) is 39.2. The molecule has 0 saturated carbocycles. The maximum Gasteiger partial charge on any atom is 0.315 e. The molecule has 15 N–H and O–H groups in total. The number of rotatable bonds is 30. The molecule has 2 fully saturated rings. The molecule has 0 aliphatic carbocycles.